The van der Waals surface area contributed by atoms with Crippen molar-refractivity contribution < 1.29 is 19.2 Å². The summed E-state index contributed by atoms with van der Waals surface area (Å²) in [7, 11) is 0. The summed E-state index contributed by atoms with van der Waals surface area (Å²) in [4.78, 5) is 37.9. The molecule has 1 amide bonds. The summed E-state index contributed by atoms with van der Waals surface area (Å²) in [6.07, 6.45) is 4.29. The van der Waals surface area contributed by atoms with E-state index in [1.165, 1.54) is 18.2 Å². The van der Waals surface area contributed by atoms with Crippen molar-refractivity contribution in [1.82, 2.24) is 4.90 Å². The lowest BCUT2D eigenvalue weighted by atomic mass is 9.77. The number of nitrogens with zero attached hydrogens (tertiary/aromatic N) is 2. The Morgan fingerprint density at radius 2 is 1.90 bits per heavy atom. The van der Waals surface area contributed by atoms with Crippen molar-refractivity contribution in [2.75, 3.05) is 6.54 Å². The molecule has 2 aliphatic rings. The van der Waals surface area contributed by atoms with Crippen molar-refractivity contribution in [1.29, 1.82) is 0 Å². The second kappa shape index (κ2) is 9.06. The number of rotatable bonds is 5. The van der Waals surface area contributed by atoms with Crippen LogP contribution in [0.3, 0.4) is 0 Å². The fourth-order valence-corrected chi connectivity index (χ4v) is 4.69. The van der Waals surface area contributed by atoms with Crippen molar-refractivity contribution in [3.8, 4) is 5.75 Å². The predicted molar refractivity (Wildman–Crippen MR) is 115 cm³/mol. The van der Waals surface area contributed by atoms with Crippen LogP contribution in [0.2, 0.25) is 5.02 Å². The molecule has 1 saturated carbocycles. The van der Waals surface area contributed by atoms with Crippen LogP contribution in [-0.4, -0.2) is 34.1 Å². The fraction of sp³-hybridized carbons (Fsp3) is 0.391. The molecule has 8 heteroatoms. The van der Waals surface area contributed by atoms with Crippen LogP contribution in [0, 0.1) is 16.0 Å². The highest BCUT2D eigenvalue weighted by Crippen LogP contribution is 2.34. The van der Waals surface area contributed by atoms with E-state index in [9.17, 15) is 19.7 Å². The average Bonchev–Trinajstić information content (AvgIpc) is 2.78. The first-order valence-corrected chi connectivity index (χ1v) is 10.8. The van der Waals surface area contributed by atoms with E-state index >= 15 is 0 Å². The van der Waals surface area contributed by atoms with E-state index in [0.29, 0.717) is 18.5 Å². The van der Waals surface area contributed by atoms with E-state index in [0.717, 1.165) is 31.2 Å². The standard InChI is InChI=1S/C23H23ClN2O5/c24-17-9-10-22(20(13-17)26(29)30)31-14-15-5-7-16(8-6-15)23(28)25-12-11-21(27)18-3-1-2-4-19(18)25/h5-10,13,18-19H,1-4,11-12,14H2. The van der Waals surface area contributed by atoms with Crippen molar-refractivity contribution in [2.24, 2.45) is 5.92 Å². The normalized spacial score (nSPS) is 20.8. The summed E-state index contributed by atoms with van der Waals surface area (Å²) in [5.74, 6) is 0.355. The summed E-state index contributed by atoms with van der Waals surface area (Å²) in [6.45, 7) is 0.601. The number of fused-ring (bicyclic) bond motifs is 1. The van der Waals surface area contributed by atoms with Gasteiger partial charge in [-0.3, -0.25) is 19.7 Å². The molecule has 31 heavy (non-hydrogen) atoms. The molecule has 1 aliphatic heterocycles. The van der Waals surface area contributed by atoms with Gasteiger partial charge < -0.3 is 9.64 Å². The molecule has 0 spiro atoms. The van der Waals surface area contributed by atoms with Gasteiger partial charge >= 0.3 is 5.69 Å². The fourth-order valence-electron chi connectivity index (χ4n) is 4.52. The van der Waals surface area contributed by atoms with Gasteiger partial charge in [0.15, 0.2) is 5.75 Å². The number of Topliss-reactive ketones (excluding diaryl/α,β-unsaturated/α-hetero) is 1. The van der Waals surface area contributed by atoms with Crippen LogP contribution in [-0.2, 0) is 11.4 Å². The zero-order valence-electron chi connectivity index (χ0n) is 17.0. The second-order valence-corrected chi connectivity index (χ2v) is 8.46. The summed E-state index contributed by atoms with van der Waals surface area (Å²) >= 11 is 5.83. The lowest BCUT2D eigenvalue weighted by Gasteiger charge is -2.43. The number of carbonyl (C=O) groups is 2. The number of halogens is 1. The highest BCUT2D eigenvalue weighted by atomic mass is 35.5. The van der Waals surface area contributed by atoms with Crippen LogP contribution < -0.4 is 4.74 Å². The molecular formula is C23H23ClN2O5. The Balaban J connectivity index is 1.43. The quantitative estimate of drug-likeness (QED) is 0.490. The van der Waals surface area contributed by atoms with Gasteiger partial charge in [0.25, 0.3) is 5.91 Å². The second-order valence-electron chi connectivity index (χ2n) is 8.03. The summed E-state index contributed by atoms with van der Waals surface area (Å²) < 4.78 is 5.61. The molecule has 162 valence electrons. The SMILES string of the molecule is O=C1CCN(C(=O)c2ccc(COc3ccc(Cl)cc3[N+](=O)[O-])cc2)C2CCCCC12. The third kappa shape index (κ3) is 4.56. The lowest BCUT2D eigenvalue weighted by Crippen LogP contribution is -2.53. The van der Waals surface area contributed by atoms with Gasteiger partial charge in [0, 0.05) is 41.6 Å². The van der Waals surface area contributed by atoms with Gasteiger partial charge in [0.1, 0.15) is 12.4 Å². The Bertz CT molecular complexity index is 1010. The summed E-state index contributed by atoms with van der Waals surface area (Å²) in [6, 6.07) is 11.3. The van der Waals surface area contributed by atoms with Crippen LogP contribution in [0.4, 0.5) is 5.69 Å². The van der Waals surface area contributed by atoms with Gasteiger partial charge in [-0.05, 0) is 42.7 Å². The van der Waals surface area contributed by atoms with Gasteiger partial charge in [-0.2, -0.15) is 0 Å². The Hall–Kier alpha value is -2.93. The number of carbonyl (C=O) groups excluding carboxylic acids is 2. The van der Waals surface area contributed by atoms with Crippen LogP contribution in [0.15, 0.2) is 42.5 Å². The monoisotopic (exact) mass is 442 g/mol. The molecule has 1 heterocycles. The topological polar surface area (TPSA) is 89.8 Å². The van der Waals surface area contributed by atoms with Crippen molar-refractivity contribution in [2.45, 2.75) is 44.8 Å². The average molecular weight is 443 g/mol. The van der Waals surface area contributed by atoms with Gasteiger partial charge in [0.2, 0.25) is 0 Å². The zero-order valence-corrected chi connectivity index (χ0v) is 17.7. The molecule has 2 aromatic carbocycles. The van der Waals surface area contributed by atoms with E-state index < -0.39 is 4.92 Å². The minimum atomic E-state index is -0.537. The Morgan fingerprint density at radius 1 is 1.16 bits per heavy atom. The molecule has 7 nitrogen and oxygen atoms in total. The maximum atomic E-state index is 13.1. The van der Waals surface area contributed by atoms with Gasteiger partial charge in [-0.1, -0.05) is 36.6 Å². The minimum Gasteiger partial charge on any atom is -0.482 e. The zero-order chi connectivity index (χ0) is 22.0. The van der Waals surface area contributed by atoms with Crippen LogP contribution in [0.5, 0.6) is 5.75 Å². The molecule has 4 rings (SSSR count). The van der Waals surface area contributed by atoms with Gasteiger partial charge in [-0.25, -0.2) is 0 Å². The summed E-state index contributed by atoms with van der Waals surface area (Å²) in [5, 5.41) is 11.4. The number of ketones is 1. The first-order chi connectivity index (χ1) is 14.9. The molecule has 2 fully saturated rings. The Labute approximate surface area is 185 Å². The minimum absolute atomic E-state index is 0.0102. The highest BCUT2D eigenvalue weighted by molar-refractivity contribution is 6.30. The smallest absolute Gasteiger partial charge is 0.312 e. The Morgan fingerprint density at radius 3 is 2.65 bits per heavy atom. The highest BCUT2D eigenvalue weighted by Gasteiger charge is 2.40. The van der Waals surface area contributed by atoms with E-state index in [4.69, 9.17) is 16.3 Å². The van der Waals surface area contributed by atoms with E-state index in [-0.39, 0.29) is 46.7 Å². The van der Waals surface area contributed by atoms with E-state index in [1.54, 1.807) is 24.3 Å². The number of amides is 1. The largest absolute Gasteiger partial charge is 0.482 e. The summed E-state index contributed by atoms with van der Waals surface area (Å²) in [5.41, 5.74) is 1.16. The number of ether oxygens (including phenoxy) is 1. The maximum absolute atomic E-state index is 13.1. The molecule has 1 aliphatic carbocycles. The van der Waals surface area contributed by atoms with Crippen LogP contribution >= 0.6 is 11.6 Å². The number of likely N-dealkylation sites (tertiary alicyclic amines) is 1. The lowest BCUT2D eigenvalue weighted by molar-refractivity contribution is -0.385. The van der Waals surface area contributed by atoms with Crippen LogP contribution in [0.25, 0.3) is 0 Å². The molecule has 2 atom stereocenters. The Kier molecular flexibility index (Phi) is 6.23. The van der Waals surface area contributed by atoms with E-state index in [2.05, 4.69) is 0 Å². The van der Waals surface area contributed by atoms with Crippen LogP contribution in [0.1, 0.15) is 48.0 Å². The van der Waals surface area contributed by atoms with Gasteiger partial charge in [-0.15, -0.1) is 0 Å². The first-order valence-electron chi connectivity index (χ1n) is 10.4. The molecule has 0 N–H and O–H groups in total. The number of hydrogen-bond donors (Lipinski definition) is 0. The van der Waals surface area contributed by atoms with Gasteiger partial charge in [0.05, 0.1) is 4.92 Å². The molecule has 2 unspecified atom stereocenters. The number of hydrogen-bond acceptors (Lipinski definition) is 5. The predicted octanol–water partition coefficient (Wildman–Crippen LogP) is 4.80. The third-order valence-electron chi connectivity index (χ3n) is 6.12. The first kappa shape index (κ1) is 21.3. The molecular weight excluding hydrogens is 420 g/mol. The number of piperidine rings is 1. The maximum Gasteiger partial charge on any atom is 0.312 e. The molecule has 1 saturated heterocycles. The van der Waals surface area contributed by atoms with E-state index in [1.807, 2.05) is 4.90 Å². The molecule has 0 bridgehead atoms. The van der Waals surface area contributed by atoms with Crippen molar-refractivity contribution in [3.05, 3.63) is 68.7 Å². The third-order valence-corrected chi connectivity index (χ3v) is 6.35. The number of benzene rings is 2. The molecule has 2 aromatic rings. The number of nitro benzene ring substituents is 1. The number of nitro groups is 1. The van der Waals surface area contributed by atoms with Crippen molar-refractivity contribution >= 4 is 29.0 Å². The molecule has 0 aromatic heterocycles. The van der Waals surface area contributed by atoms with Crippen molar-refractivity contribution in [3.63, 3.8) is 0 Å². The molecule has 0 radical (unpaired) electrons.